The van der Waals surface area contributed by atoms with Crippen LogP contribution in [0.1, 0.15) is 26.5 Å². The lowest BCUT2D eigenvalue weighted by Crippen LogP contribution is -2.40. The van der Waals surface area contributed by atoms with Crippen LogP contribution in [0.5, 0.6) is 0 Å². The fourth-order valence-corrected chi connectivity index (χ4v) is 6.00. The molecule has 2 aromatic carbocycles. The Kier molecular flexibility index (Phi) is 6.71. The Morgan fingerprint density at radius 3 is 2.47 bits per heavy atom. The molecule has 0 unspecified atom stereocenters. The van der Waals surface area contributed by atoms with Crippen LogP contribution in [0.15, 0.2) is 53.4 Å². The molecule has 0 atom stereocenters. The van der Waals surface area contributed by atoms with Gasteiger partial charge in [-0.3, -0.25) is 4.79 Å². The number of benzene rings is 2. The average molecular weight is 472 g/mol. The van der Waals surface area contributed by atoms with Crippen molar-refractivity contribution in [3.8, 4) is 10.6 Å². The van der Waals surface area contributed by atoms with Crippen molar-refractivity contribution in [1.29, 1.82) is 0 Å². The predicted octanol–water partition coefficient (Wildman–Crippen LogP) is 3.38. The highest BCUT2D eigenvalue weighted by atomic mass is 32.2. The Morgan fingerprint density at radius 2 is 1.78 bits per heavy atom. The van der Waals surface area contributed by atoms with E-state index in [1.165, 1.54) is 16.4 Å². The summed E-state index contributed by atoms with van der Waals surface area (Å²) < 4.78 is 32.1. The average Bonchev–Trinajstić information content (AvgIpc) is 3.18. The van der Waals surface area contributed by atoms with Crippen LogP contribution in [0.2, 0.25) is 0 Å². The summed E-state index contributed by atoms with van der Waals surface area (Å²) >= 11 is 1.56. The predicted molar refractivity (Wildman–Crippen MR) is 124 cm³/mol. The second-order valence-electron chi connectivity index (χ2n) is 7.57. The van der Waals surface area contributed by atoms with Crippen LogP contribution in [-0.2, 0) is 21.3 Å². The molecule has 0 saturated carbocycles. The summed E-state index contributed by atoms with van der Waals surface area (Å²) in [6.07, 6.45) is 0. The molecule has 1 aliphatic heterocycles. The van der Waals surface area contributed by atoms with Crippen LogP contribution in [0.25, 0.3) is 10.6 Å². The van der Waals surface area contributed by atoms with Gasteiger partial charge in [0.15, 0.2) is 0 Å². The van der Waals surface area contributed by atoms with Crippen molar-refractivity contribution in [2.24, 2.45) is 0 Å². The van der Waals surface area contributed by atoms with Gasteiger partial charge >= 0.3 is 0 Å². The first-order valence-corrected chi connectivity index (χ1v) is 12.6. The third-order valence-electron chi connectivity index (χ3n) is 5.40. The third-order valence-corrected chi connectivity index (χ3v) is 8.51. The maximum atomic E-state index is 12.7. The molecule has 168 valence electrons. The minimum Gasteiger partial charge on any atom is -0.379 e. The zero-order valence-corrected chi connectivity index (χ0v) is 19.6. The van der Waals surface area contributed by atoms with E-state index in [9.17, 15) is 13.2 Å². The number of sulfonamides is 1. The summed E-state index contributed by atoms with van der Waals surface area (Å²) in [7, 11) is -3.58. The van der Waals surface area contributed by atoms with Gasteiger partial charge in [0.2, 0.25) is 10.0 Å². The van der Waals surface area contributed by atoms with E-state index in [0.717, 1.165) is 26.7 Å². The van der Waals surface area contributed by atoms with E-state index in [0.29, 0.717) is 38.4 Å². The summed E-state index contributed by atoms with van der Waals surface area (Å²) in [4.78, 5) is 18.4. The Hall–Kier alpha value is -2.59. The van der Waals surface area contributed by atoms with Gasteiger partial charge in [0.05, 0.1) is 30.3 Å². The number of morpholine rings is 1. The van der Waals surface area contributed by atoms with E-state index in [2.05, 4.69) is 23.3 Å². The van der Waals surface area contributed by atoms with Gasteiger partial charge in [0.1, 0.15) is 5.01 Å². The Labute approximate surface area is 192 Å². The molecule has 0 bridgehead atoms. The van der Waals surface area contributed by atoms with Gasteiger partial charge in [-0.2, -0.15) is 4.31 Å². The number of thiazole rings is 1. The molecule has 3 aromatic rings. The summed E-state index contributed by atoms with van der Waals surface area (Å²) in [5, 5.41) is 3.85. The molecular weight excluding hydrogens is 446 g/mol. The molecule has 0 aliphatic carbocycles. The molecule has 0 spiro atoms. The van der Waals surface area contributed by atoms with E-state index in [1.54, 1.807) is 23.5 Å². The third kappa shape index (κ3) is 4.75. The van der Waals surface area contributed by atoms with E-state index in [4.69, 9.17) is 4.74 Å². The quantitative estimate of drug-likeness (QED) is 0.595. The first-order valence-electron chi connectivity index (χ1n) is 10.3. The number of hydrogen-bond donors (Lipinski definition) is 1. The largest absolute Gasteiger partial charge is 0.379 e. The molecular formula is C23H25N3O4S2. The number of aromatic nitrogens is 1. The van der Waals surface area contributed by atoms with Crippen LogP contribution in [0.3, 0.4) is 0 Å². The minimum absolute atomic E-state index is 0.178. The van der Waals surface area contributed by atoms with Crippen molar-refractivity contribution in [1.82, 2.24) is 14.6 Å². The molecule has 1 aliphatic rings. The maximum absolute atomic E-state index is 12.7. The highest BCUT2D eigenvalue weighted by molar-refractivity contribution is 7.89. The number of nitrogens with one attached hydrogen (secondary N) is 1. The van der Waals surface area contributed by atoms with Crippen molar-refractivity contribution in [2.45, 2.75) is 25.3 Å². The van der Waals surface area contributed by atoms with Gasteiger partial charge in [-0.1, -0.05) is 24.3 Å². The molecule has 1 aromatic heterocycles. The number of carbonyl (C=O) groups excluding carboxylic acids is 1. The second-order valence-corrected chi connectivity index (χ2v) is 10.6. The van der Waals surface area contributed by atoms with Gasteiger partial charge in [-0.15, -0.1) is 11.3 Å². The SMILES string of the molecule is Cc1ccccc1-c1nc(C)c(CNC(=O)c2ccc(S(=O)(=O)N3CCOCC3)cc2)s1. The van der Waals surface area contributed by atoms with Crippen LogP contribution < -0.4 is 5.32 Å². The Balaban J connectivity index is 1.42. The second kappa shape index (κ2) is 9.50. The number of amides is 1. The molecule has 32 heavy (non-hydrogen) atoms. The lowest BCUT2D eigenvalue weighted by atomic mass is 10.1. The summed E-state index contributed by atoms with van der Waals surface area (Å²) in [5.41, 5.74) is 3.55. The van der Waals surface area contributed by atoms with Gasteiger partial charge in [0.25, 0.3) is 5.91 Å². The number of rotatable bonds is 6. The number of ether oxygens (including phenoxy) is 1. The molecule has 1 saturated heterocycles. The lowest BCUT2D eigenvalue weighted by molar-refractivity contribution is 0.0730. The van der Waals surface area contributed by atoms with E-state index in [-0.39, 0.29) is 10.8 Å². The van der Waals surface area contributed by atoms with Crippen molar-refractivity contribution in [3.05, 3.63) is 70.2 Å². The first-order chi connectivity index (χ1) is 15.4. The zero-order valence-electron chi connectivity index (χ0n) is 18.0. The van der Waals surface area contributed by atoms with Crippen LogP contribution in [-0.4, -0.2) is 49.9 Å². The lowest BCUT2D eigenvalue weighted by Gasteiger charge is -2.26. The molecule has 9 heteroatoms. The van der Waals surface area contributed by atoms with Crippen molar-refractivity contribution in [3.63, 3.8) is 0 Å². The van der Waals surface area contributed by atoms with E-state index in [1.807, 2.05) is 25.1 Å². The van der Waals surface area contributed by atoms with Crippen LogP contribution >= 0.6 is 11.3 Å². The molecule has 2 heterocycles. The molecule has 4 rings (SSSR count). The molecule has 1 fully saturated rings. The van der Waals surface area contributed by atoms with Crippen LogP contribution in [0.4, 0.5) is 0 Å². The van der Waals surface area contributed by atoms with Crippen LogP contribution in [0, 0.1) is 13.8 Å². The number of hydrogen-bond acceptors (Lipinski definition) is 6. The topological polar surface area (TPSA) is 88.6 Å². The summed E-state index contributed by atoms with van der Waals surface area (Å²) in [5.74, 6) is -0.259. The number of nitrogens with zero attached hydrogens (tertiary/aromatic N) is 2. The molecule has 7 nitrogen and oxygen atoms in total. The van der Waals surface area contributed by atoms with Gasteiger partial charge < -0.3 is 10.1 Å². The molecule has 1 N–H and O–H groups in total. The standard InChI is InChI=1S/C23H25N3O4S2/c1-16-5-3-4-6-20(16)23-25-17(2)21(31-23)15-24-22(27)18-7-9-19(10-8-18)32(28,29)26-11-13-30-14-12-26/h3-10H,11-15H2,1-2H3,(H,24,27). The van der Waals surface area contributed by atoms with Gasteiger partial charge in [0, 0.05) is 29.1 Å². The minimum atomic E-state index is -3.58. The van der Waals surface area contributed by atoms with Gasteiger partial charge in [-0.25, -0.2) is 13.4 Å². The van der Waals surface area contributed by atoms with E-state index < -0.39 is 10.0 Å². The normalized spacial score (nSPS) is 14.9. The Morgan fingerprint density at radius 1 is 1.09 bits per heavy atom. The number of carbonyl (C=O) groups is 1. The van der Waals surface area contributed by atoms with Crippen molar-refractivity contribution < 1.29 is 17.9 Å². The first kappa shape index (κ1) is 22.6. The summed E-state index contributed by atoms with van der Waals surface area (Å²) in [6, 6.07) is 14.1. The fourth-order valence-electron chi connectivity index (χ4n) is 3.50. The smallest absolute Gasteiger partial charge is 0.251 e. The fraction of sp³-hybridized carbons (Fsp3) is 0.304. The molecule has 0 radical (unpaired) electrons. The zero-order chi connectivity index (χ0) is 22.7. The highest BCUT2D eigenvalue weighted by Crippen LogP contribution is 2.30. The van der Waals surface area contributed by atoms with Gasteiger partial charge in [-0.05, 0) is 43.7 Å². The monoisotopic (exact) mass is 471 g/mol. The van der Waals surface area contributed by atoms with Crippen molar-refractivity contribution in [2.75, 3.05) is 26.3 Å². The van der Waals surface area contributed by atoms with E-state index >= 15 is 0 Å². The molecule has 1 amide bonds. The summed E-state index contributed by atoms with van der Waals surface area (Å²) in [6.45, 7) is 5.81. The Bertz CT molecular complexity index is 1210. The highest BCUT2D eigenvalue weighted by Gasteiger charge is 2.26. The maximum Gasteiger partial charge on any atom is 0.251 e. The number of aryl methyl sites for hydroxylation is 2. The van der Waals surface area contributed by atoms with Crippen molar-refractivity contribution >= 4 is 27.3 Å².